The van der Waals surface area contributed by atoms with Gasteiger partial charge in [-0.2, -0.15) is 0 Å². The van der Waals surface area contributed by atoms with Crippen molar-refractivity contribution >= 4 is 28.2 Å². The Morgan fingerprint density at radius 3 is 2.19 bits per heavy atom. The van der Waals surface area contributed by atoms with Crippen LogP contribution in [-0.2, 0) is 15.6 Å². The first-order valence-electron chi connectivity index (χ1n) is 8.20. The molecule has 0 radical (unpaired) electrons. The number of carbonyl (C=O) groups is 1. The molecule has 0 saturated heterocycles. The Hall–Kier alpha value is -1.89. The van der Waals surface area contributed by atoms with Gasteiger partial charge in [-0.3, -0.25) is 4.79 Å². The summed E-state index contributed by atoms with van der Waals surface area (Å²) in [5, 5.41) is 2.79. The number of hydrogen-bond donors (Lipinski definition) is 2. The third kappa shape index (κ3) is 6.44. The number of aryl methyl sites for hydroxylation is 1. The van der Waals surface area contributed by atoms with Crippen LogP contribution >= 0.6 is 12.4 Å². The van der Waals surface area contributed by atoms with Crippen molar-refractivity contribution in [3.63, 3.8) is 0 Å². The summed E-state index contributed by atoms with van der Waals surface area (Å²) in [5.74, 6) is -0.281. The lowest BCUT2D eigenvalue weighted by Crippen LogP contribution is -2.28. The summed E-state index contributed by atoms with van der Waals surface area (Å²) in [5.41, 5.74) is 7.80. The number of nitrogens with one attached hydrogen (secondary N) is 1. The Kier molecular flexibility index (Phi) is 8.27. The first-order chi connectivity index (χ1) is 11.8. The van der Waals surface area contributed by atoms with E-state index in [1.165, 1.54) is 0 Å². The van der Waals surface area contributed by atoms with Gasteiger partial charge in [0.2, 0.25) is 0 Å². The number of rotatable bonds is 7. The molecule has 3 N–H and O–H groups in total. The van der Waals surface area contributed by atoms with E-state index in [9.17, 15) is 13.2 Å². The summed E-state index contributed by atoms with van der Waals surface area (Å²) < 4.78 is 24.9. The van der Waals surface area contributed by atoms with Gasteiger partial charge in [-0.1, -0.05) is 29.8 Å². The van der Waals surface area contributed by atoms with E-state index in [2.05, 4.69) is 5.32 Å². The fourth-order valence-electron chi connectivity index (χ4n) is 2.32. The molecule has 1 amide bonds. The summed E-state index contributed by atoms with van der Waals surface area (Å²) in [4.78, 5) is 12.3. The molecule has 0 fully saturated rings. The molecular formula is C19H25ClN2O3S. The quantitative estimate of drug-likeness (QED) is 0.753. The number of sulfone groups is 1. The summed E-state index contributed by atoms with van der Waals surface area (Å²) in [6.07, 6.45) is 0.707. The Balaban J connectivity index is 0.00000338. The minimum Gasteiger partial charge on any atom is -0.352 e. The predicted molar refractivity (Wildman–Crippen MR) is 106 cm³/mol. The second kappa shape index (κ2) is 9.71. The van der Waals surface area contributed by atoms with Crippen LogP contribution in [0.5, 0.6) is 0 Å². The normalized spacial score (nSPS) is 12.1. The molecule has 0 aliphatic heterocycles. The molecule has 0 spiro atoms. The van der Waals surface area contributed by atoms with E-state index in [0.717, 1.165) is 5.56 Å². The first kappa shape index (κ1) is 22.2. The van der Waals surface area contributed by atoms with E-state index < -0.39 is 9.84 Å². The van der Waals surface area contributed by atoms with E-state index in [1.54, 1.807) is 48.5 Å². The fraction of sp³-hybridized carbons (Fsp3) is 0.316. The van der Waals surface area contributed by atoms with Crippen molar-refractivity contribution in [2.75, 3.05) is 6.54 Å². The third-order valence-electron chi connectivity index (χ3n) is 3.84. The number of amides is 1. The van der Waals surface area contributed by atoms with Crippen molar-refractivity contribution in [2.45, 2.75) is 37.0 Å². The molecule has 1 unspecified atom stereocenters. The maximum atomic E-state index is 12.4. The molecular weight excluding hydrogens is 372 g/mol. The van der Waals surface area contributed by atoms with Crippen LogP contribution in [0.2, 0.25) is 0 Å². The summed E-state index contributed by atoms with van der Waals surface area (Å²) in [6.45, 7) is 4.31. The number of nitrogens with two attached hydrogens (primary N) is 1. The molecule has 2 aromatic rings. The highest BCUT2D eigenvalue weighted by Gasteiger charge is 2.15. The van der Waals surface area contributed by atoms with Gasteiger partial charge in [-0.05, 0) is 50.1 Å². The van der Waals surface area contributed by atoms with Gasteiger partial charge in [0, 0.05) is 18.2 Å². The monoisotopic (exact) mass is 396 g/mol. The number of carbonyl (C=O) groups excluding carboxylic acids is 1. The first-order valence-corrected chi connectivity index (χ1v) is 9.85. The second-order valence-electron chi connectivity index (χ2n) is 6.29. The molecule has 0 heterocycles. The lowest BCUT2D eigenvalue weighted by molar-refractivity contribution is 0.0953. The van der Waals surface area contributed by atoms with Crippen LogP contribution in [0.15, 0.2) is 53.4 Å². The molecule has 0 aliphatic carbocycles. The van der Waals surface area contributed by atoms with Gasteiger partial charge in [-0.15, -0.1) is 12.4 Å². The van der Waals surface area contributed by atoms with E-state index >= 15 is 0 Å². The molecule has 0 aliphatic rings. The summed E-state index contributed by atoms with van der Waals surface area (Å²) in [7, 11) is -3.40. The smallest absolute Gasteiger partial charge is 0.251 e. The Morgan fingerprint density at radius 2 is 1.65 bits per heavy atom. The maximum Gasteiger partial charge on any atom is 0.251 e. The van der Waals surface area contributed by atoms with Crippen molar-refractivity contribution in [2.24, 2.45) is 5.73 Å². The molecule has 26 heavy (non-hydrogen) atoms. The fourth-order valence-corrected chi connectivity index (χ4v) is 3.66. The Bertz CT molecular complexity index is 817. The average Bonchev–Trinajstić information content (AvgIpc) is 2.55. The highest BCUT2D eigenvalue weighted by atomic mass is 35.5. The summed E-state index contributed by atoms with van der Waals surface area (Å²) >= 11 is 0. The van der Waals surface area contributed by atoms with Crippen LogP contribution in [0.25, 0.3) is 0 Å². The van der Waals surface area contributed by atoms with Gasteiger partial charge in [0.1, 0.15) is 0 Å². The minimum absolute atomic E-state index is 0. The highest BCUT2D eigenvalue weighted by Crippen LogP contribution is 2.17. The highest BCUT2D eigenvalue weighted by molar-refractivity contribution is 7.90. The lowest BCUT2D eigenvalue weighted by Gasteiger charge is -2.08. The minimum atomic E-state index is -3.40. The number of benzene rings is 2. The van der Waals surface area contributed by atoms with E-state index in [-0.39, 0.29) is 30.1 Å². The molecule has 2 rings (SSSR count). The van der Waals surface area contributed by atoms with Gasteiger partial charge in [0.15, 0.2) is 9.84 Å². The Morgan fingerprint density at radius 1 is 1.08 bits per heavy atom. The van der Waals surface area contributed by atoms with Crippen molar-refractivity contribution in [3.8, 4) is 0 Å². The molecule has 0 aromatic heterocycles. The van der Waals surface area contributed by atoms with Crippen molar-refractivity contribution in [1.29, 1.82) is 0 Å². The van der Waals surface area contributed by atoms with Crippen LogP contribution in [0.4, 0.5) is 0 Å². The molecule has 1 atom stereocenters. The Labute approximate surface area is 161 Å². The van der Waals surface area contributed by atoms with Crippen molar-refractivity contribution < 1.29 is 13.2 Å². The molecule has 142 valence electrons. The average molecular weight is 397 g/mol. The van der Waals surface area contributed by atoms with Crippen LogP contribution in [-0.4, -0.2) is 26.9 Å². The van der Waals surface area contributed by atoms with Gasteiger partial charge >= 0.3 is 0 Å². The molecule has 7 heteroatoms. The van der Waals surface area contributed by atoms with E-state index in [0.29, 0.717) is 29.0 Å². The second-order valence-corrected chi connectivity index (χ2v) is 8.28. The summed E-state index contributed by atoms with van der Waals surface area (Å²) in [6, 6.07) is 13.5. The lowest BCUT2D eigenvalue weighted by atomic mass is 10.1. The standard InChI is InChI=1S/C19H24N2O3S.ClH/c1-14-3-9-18(10-4-14)25(23,24)13-16-5-7-17(8-6-16)19(22)21-12-11-15(2)20;/h3-10,15H,11-13,20H2,1-2H3,(H,21,22);1H. The maximum absolute atomic E-state index is 12.4. The van der Waals surface area contributed by atoms with Gasteiger partial charge in [0.25, 0.3) is 5.91 Å². The SMILES string of the molecule is Cc1ccc(S(=O)(=O)Cc2ccc(C(=O)NCCC(C)N)cc2)cc1.Cl. The van der Waals surface area contributed by atoms with E-state index in [1.807, 2.05) is 13.8 Å². The number of hydrogen-bond acceptors (Lipinski definition) is 4. The van der Waals surface area contributed by atoms with Gasteiger partial charge in [0.05, 0.1) is 10.6 Å². The molecule has 5 nitrogen and oxygen atoms in total. The van der Waals surface area contributed by atoms with E-state index in [4.69, 9.17) is 5.73 Å². The van der Waals surface area contributed by atoms with Crippen molar-refractivity contribution in [3.05, 3.63) is 65.2 Å². The van der Waals surface area contributed by atoms with Gasteiger partial charge in [-0.25, -0.2) is 8.42 Å². The molecule has 2 aromatic carbocycles. The zero-order valence-corrected chi connectivity index (χ0v) is 16.6. The predicted octanol–water partition coefficient (Wildman–Crippen LogP) is 2.86. The molecule has 0 bridgehead atoms. The zero-order valence-electron chi connectivity index (χ0n) is 14.9. The molecule has 0 saturated carbocycles. The van der Waals surface area contributed by atoms with Crippen LogP contribution in [0.1, 0.15) is 34.8 Å². The largest absolute Gasteiger partial charge is 0.352 e. The van der Waals surface area contributed by atoms with Crippen LogP contribution < -0.4 is 11.1 Å². The van der Waals surface area contributed by atoms with Gasteiger partial charge < -0.3 is 11.1 Å². The zero-order chi connectivity index (χ0) is 18.4. The van der Waals surface area contributed by atoms with Crippen molar-refractivity contribution in [1.82, 2.24) is 5.32 Å². The third-order valence-corrected chi connectivity index (χ3v) is 5.54. The number of halogens is 1. The topological polar surface area (TPSA) is 89.3 Å². The van der Waals surface area contributed by atoms with Crippen LogP contribution in [0.3, 0.4) is 0 Å². The van der Waals surface area contributed by atoms with Crippen LogP contribution in [0, 0.1) is 6.92 Å².